The maximum absolute atomic E-state index is 12.8. The van der Waals surface area contributed by atoms with E-state index in [4.69, 9.17) is 9.47 Å². The summed E-state index contributed by atoms with van der Waals surface area (Å²) in [5, 5.41) is 0. The minimum Gasteiger partial charge on any atom is -0.486 e. The SMILES string of the molecule is O=C(c1cc2c(cc1Br)OCCO2)C1C2CCCCC21. The molecule has 0 aromatic heterocycles. The van der Waals surface area contributed by atoms with E-state index < -0.39 is 0 Å². The van der Waals surface area contributed by atoms with Crippen LogP contribution >= 0.6 is 15.9 Å². The van der Waals surface area contributed by atoms with E-state index in [9.17, 15) is 4.79 Å². The van der Waals surface area contributed by atoms with Gasteiger partial charge in [-0.2, -0.15) is 0 Å². The largest absolute Gasteiger partial charge is 0.486 e. The highest BCUT2D eigenvalue weighted by Gasteiger charge is 2.54. The van der Waals surface area contributed by atoms with Crippen LogP contribution in [0.5, 0.6) is 11.5 Å². The second-order valence-corrected chi connectivity index (χ2v) is 6.83. The molecule has 3 nitrogen and oxygen atoms in total. The maximum Gasteiger partial charge on any atom is 0.167 e. The number of carbonyl (C=O) groups is 1. The maximum atomic E-state index is 12.8. The third kappa shape index (κ3) is 1.96. The first-order valence-electron chi connectivity index (χ1n) is 7.39. The number of Topliss-reactive ketones (excluding diaryl/α,β-unsaturated/α-hetero) is 1. The smallest absolute Gasteiger partial charge is 0.167 e. The summed E-state index contributed by atoms with van der Waals surface area (Å²) < 4.78 is 12.0. The summed E-state index contributed by atoms with van der Waals surface area (Å²) in [5.41, 5.74) is 0.758. The molecule has 20 heavy (non-hydrogen) atoms. The van der Waals surface area contributed by atoms with Crippen molar-refractivity contribution in [1.82, 2.24) is 0 Å². The highest BCUT2D eigenvalue weighted by molar-refractivity contribution is 9.10. The van der Waals surface area contributed by atoms with Crippen LogP contribution in [0.15, 0.2) is 16.6 Å². The van der Waals surface area contributed by atoms with Gasteiger partial charge in [0.05, 0.1) is 0 Å². The quantitative estimate of drug-likeness (QED) is 0.769. The van der Waals surface area contributed by atoms with Crippen molar-refractivity contribution in [3.8, 4) is 11.5 Å². The highest BCUT2D eigenvalue weighted by Crippen LogP contribution is 2.57. The number of fused-ring (bicyclic) bond motifs is 2. The molecule has 2 saturated carbocycles. The monoisotopic (exact) mass is 336 g/mol. The Hall–Kier alpha value is -1.03. The second kappa shape index (κ2) is 4.76. The Kier molecular flexibility index (Phi) is 3.02. The van der Waals surface area contributed by atoms with Crippen molar-refractivity contribution in [2.45, 2.75) is 25.7 Å². The van der Waals surface area contributed by atoms with Crippen molar-refractivity contribution in [2.75, 3.05) is 13.2 Å². The molecule has 0 radical (unpaired) electrons. The van der Waals surface area contributed by atoms with Crippen molar-refractivity contribution in [3.63, 3.8) is 0 Å². The van der Waals surface area contributed by atoms with Crippen LogP contribution in [0, 0.1) is 17.8 Å². The number of hydrogen-bond donors (Lipinski definition) is 0. The molecule has 2 atom stereocenters. The summed E-state index contributed by atoms with van der Waals surface area (Å²) in [6.07, 6.45) is 5.02. The first-order chi connectivity index (χ1) is 9.75. The lowest BCUT2D eigenvalue weighted by Crippen LogP contribution is -2.16. The van der Waals surface area contributed by atoms with E-state index in [1.54, 1.807) is 0 Å². The molecule has 2 aliphatic carbocycles. The predicted octanol–water partition coefficient (Wildman–Crippen LogP) is 3.84. The van der Waals surface area contributed by atoms with Gasteiger partial charge < -0.3 is 9.47 Å². The topological polar surface area (TPSA) is 35.5 Å². The van der Waals surface area contributed by atoms with Gasteiger partial charge in [-0.15, -0.1) is 0 Å². The zero-order valence-corrected chi connectivity index (χ0v) is 12.8. The standard InChI is InChI=1S/C16H17BrO3/c17-12-8-14-13(19-5-6-20-14)7-11(12)16(18)15-9-3-1-2-4-10(9)15/h7-10,15H,1-6H2. The van der Waals surface area contributed by atoms with Gasteiger partial charge >= 0.3 is 0 Å². The highest BCUT2D eigenvalue weighted by atomic mass is 79.9. The van der Waals surface area contributed by atoms with Crippen LogP contribution in [0.2, 0.25) is 0 Å². The van der Waals surface area contributed by atoms with Gasteiger partial charge in [0.2, 0.25) is 0 Å². The molecule has 1 aliphatic heterocycles. The molecule has 1 aromatic carbocycles. The molecule has 4 heteroatoms. The van der Waals surface area contributed by atoms with Gasteiger partial charge in [-0.3, -0.25) is 4.79 Å². The van der Waals surface area contributed by atoms with Gasteiger partial charge in [0.25, 0.3) is 0 Å². The van der Waals surface area contributed by atoms with Crippen molar-refractivity contribution < 1.29 is 14.3 Å². The van der Waals surface area contributed by atoms with Crippen molar-refractivity contribution in [1.29, 1.82) is 0 Å². The fourth-order valence-electron chi connectivity index (χ4n) is 3.81. The van der Waals surface area contributed by atoms with E-state index in [-0.39, 0.29) is 11.7 Å². The number of ketones is 1. The minimum atomic E-state index is 0.247. The zero-order valence-electron chi connectivity index (χ0n) is 11.2. The fourth-order valence-corrected chi connectivity index (χ4v) is 4.33. The Morgan fingerprint density at radius 2 is 1.65 bits per heavy atom. The van der Waals surface area contributed by atoms with Crippen molar-refractivity contribution >= 4 is 21.7 Å². The number of ether oxygens (including phenoxy) is 2. The number of rotatable bonds is 2. The molecule has 3 aliphatic rings. The lowest BCUT2D eigenvalue weighted by molar-refractivity contribution is 0.0954. The summed E-state index contributed by atoms with van der Waals surface area (Å²) in [7, 11) is 0. The van der Waals surface area contributed by atoms with E-state index in [0.717, 1.165) is 15.8 Å². The Balaban J connectivity index is 1.63. The number of halogens is 1. The molecular weight excluding hydrogens is 320 g/mol. The lowest BCUT2D eigenvalue weighted by atomic mass is 10.0. The molecular formula is C16H17BrO3. The van der Waals surface area contributed by atoms with Crippen LogP contribution < -0.4 is 9.47 Å². The minimum absolute atomic E-state index is 0.247. The van der Waals surface area contributed by atoms with E-state index in [1.807, 2.05) is 12.1 Å². The number of carbonyl (C=O) groups excluding carboxylic acids is 1. The van der Waals surface area contributed by atoms with Crippen LogP contribution in [0.25, 0.3) is 0 Å². The Labute approximate surface area is 126 Å². The normalized spacial score (nSPS) is 30.6. The Morgan fingerprint density at radius 1 is 1.05 bits per heavy atom. The van der Waals surface area contributed by atoms with Gasteiger partial charge in [-0.25, -0.2) is 0 Å². The molecule has 0 saturated heterocycles. The summed E-state index contributed by atoms with van der Waals surface area (Å²) in [6, 6.07) is 3.72. The predicted molar refractivity (Wildman–Crippen MR) is 78.4 cm³/mol. The molecule has 2 unspecified atom stereocenters. The van der Waals surface area contributed by atoms with Crippen LogP contribution in [0.1, 0.15) is 36.0 Å². The lowest BCUT2D eigenvalue weighted by Gasteiger charge is -2.19. The molecule has 1 aromatic rings. The zero-order chi connectivity index (χ0) is 13.7. The first-order valence-corrected chi connectivity index (χ1v) is 8.18. The summed E-state index contributed by atoms with van der Waals surface area (Å²) in [5.74, 6) is 3.23. The van der Waals surface area contributed by atoms with Gasteiger partial charge in [-0.1, -0.05) is 12.8 Å². The third-order valence-electron chi connectivity index (χ3n) is 4.86. The molecule has 1 heterocycles. The van der Waals surface area contributed by atoms with Gasteiger partial charge in [0, 0.05) is 16.0 Å². The Bertz CT molecular complexity index is 557. The third-order valence-corrected chi connectivity index (χ3v) is 5.51. The van der Waals surface area contributed by atoms with E-state index in [0.29, 0.717) is 30.8 Å². The molecule has 4 rings (SSSR count). The number of benzene rings is 1. The molecule has 0 N–H and O–H groups in total. The number of hydrogen-bond acceptors (Lipinski definition) is 3. The molecule has 2 fully saturated rings. The summed E-state index contributed by atoms with van der Waals surface area (Å²) in [6.45, 7) is 1.12. The average Bonchev–Trinajstić information content (AvgIpc) is 3.20. The summed E-state index contributed by atoms with van der Waals surface area (Å²) >= 11 is 3.52. The second-order valence-electron chi connectivity index (χ2n) is 5.98. The molecule has 106 valence electrons. The van der Waals surface area contributed by atoms with Gasteiger partial charge in [0.1, 0.15) is 13.2 Å². The van der Waals surface area contributed by atoms with Crippen molar-refractivity contribution in [3.05, 3.63) is 22.2 Å². The van der Waals surface area contributed by atoms with Crippen LogP contribution in [0.3, 0.4) is 0 Å². The Morgan fingerprint density at radius 3 is 2.30 bits per heavy atom. The first kappa shape index (κ1) is 12.7. The molecule has 0 spiro atoms. The van der Waals surface area contributed by atoms with E-state index in [1.165, 1.54) is 25.7 Å². The van der Waals surface area contributed by atoms with Crippen LogP contribution in [-0.2, 0) is 0 Å². The molecule has 0 bridgehead atoms. The summed E-state index contributed by atoms with van der Waals surface area (Å²) in [4.78, 5) is 12.8. The van der Waals surface area contributed by atoms with Crippen molar-refractivity contribution in [2.24, 2.45) is 17.8 Å². The fraction of sp³-hybridized carbons (Fsp3) is 0.562. The van der Waals surface area contributed by atoms with Crippen LogP contribution in [0.4, 0.5) is 0 Å². The van der Waals surface area contributed by atoms with Gasteiger partial charge in [-0.05, 0) is 52.7 Å². The van der Waals surface area contributed by atoms with Crippen LogP contribution in [-0.4, -0.2) is 19.0 Å². The average molecular weight is 337 g/mol. The van der Waals surface area contributed by atoms with E-state index >= 15 is 0 Å². The van der Waals surface area contributed by atoms with E-state index in [2.05, 4.69) is 15.9 Å². The van der Waals surface area contributed by atoms with Gasteiger partial charge in [0.15, 0.2) is 17.3 Å². The molecule has 0 amide bonds.